The number of rotatable bonds is 3. The predicted molar refractivity (Wildman–Crippen MR) is 82.3 cm³/mol. The van der Waals surface area contributed by atoms with E-state index < -0.39 is 9.05 Å². The van der Waals surface area contributed by atoms with Crippen molar-refractivity contribution in [3.63, 3.8) is 0 Å². The van der Waals surface area contributed by atoms with Crippen LogP contribution in [0.25, 0.3) is 10.9 Å². The minimum Gasteiger partial charge on any atom is -0.488 e. The number of hydrogen-bond acceptors (Lipinski definition) is 4. The Bertz CT molecular complexity index is 755. The molecule has 0 bridgehead atoms. The van der Waals surface area contributed by atoms with Gasteiger partial charge in [-0.05, 0) is 49.9 Å². The number of halogens is 1. The molecule has 0 amide bonds. The summed E-state index contributed by atoms with van der Waals surface area (Å²) in [4.78, 5) is 4.35. The molecule has 0 saturated heterocycles. The van der Waals surface area contributed by atoms with Gasteiger partial charge in [-0.25, -0.2) is 8.42 Å². The van der Waals surface area contributed by atoms with Crippen molar-refractivity contribution in [3.8, 4) is 5.75 Å². The highest BCUT2D eigenvalue weighted by atomic mass is 35.7. The SMILES string of the molecule is O=S(=O)(Cl)c1ccc(OC2CCCCC2)c2ncccc12. The van der Waals surface area contributed by atoms with Gasteiger partial charge in [0.2, 0.25) is 0 Å². The summed E-state index contributed by atoms with van der Waals surface area (Å²) in [7, 11) is 1.68. The highest BCUT2D eigenvalue weighted by Crippen LogP contribution is 2.33. The van der Waals surface area contributed by atoms with Crippen molar-refractivity contribution in [2.45, 2.75) is 43.1 Å². The van der Waals surface area contributed by atoms with Gasteiger partial charge in [0.1, 0.15) is 11.3 Å². The standard InChI is InChI=1S/C15H16ClNO3S/c16-21(18,19)14-9-8-13(15-12(14)7-4-10-17-15)20-11-5-2-1-3-6-11/h4,7-11H,1-3,5-6H2. The van der Waals surface area contributed by atoms with Crippen LogP contribution in [0.1, 0.15) is 32.1 Å². The van der Waals surface area contributed by atoms with Crippen molar-refractivity contribution in [1.82, 2.24) is 4.98 Å². The second-order valence-electron chi connectivity index (χ2n) is 5.28. The molecule has 1 heterocycles. The fraction of sp³-hybridized carbons (Fsp3) is 0.400. The van der Waals surface area contributed by atoms with Crippen molar-refractivity contribution in [3.05, 3.63) is 30.5 Å². The number of hydrogen-bond donors (Lipinski definition) is 0. The van der Waals surface area contributed by atoms with Crippen LogP contribution >= 0.6 is 10.7 Å². The van der Waals surface area contributed by atoms with Gasteiger partial charge >= 0.3 is 0 Å². The van der Waals surface area contributed by atoms with E-state index in [0.717, 1.165) is 12.8 Å². The highest BCUT2D eigenvalue weighted by molar-refractivity contribution is 8.14. The van der Waals surface area contributed by atoms with Gasteiger partial charge in [0.15, 0.2) is 0 Å². The predicted octanol–water partition coefficient (Wildman–Crippen LogP) is 3.87. The molecule has 1 aliphatic rings. The largest absolute Gasteiger partial charge is 0.488 e. The quantitative estimate of drug-likeness (QED) is 0.804. The molecule has 0 radical (unpaired) electrons. The van der Waals surface area contributed by atoms with Crippen LogP contribution in [0.2, 0.25) is 0 Å². The molecule has 0 aliphatic heterocycles. The number of fused-ring (bicyclic) bond motifs is 1. The van der Waals surface area contributed by atoms with E-state index in [-0.39, 0.29) is 11.0 Å². The van der Waals surface area contributed by atoms with Gasteiger partial charge in [0.25, 0.3) is 9.05 Å². The molecule has 1 fully saturated rings. The summed E-state index contributed by atoms with van der Waals surface area (Å²) in [6.45, 7) is 0. The molecule has 1 aliphatic carbocycles. The van der Waals surface area contributed by atoms with Crippen molar-refractivity contribution in [2.75, 3.05) is 0 Å². The first-order valence-electron chi connectivity index (χ1n) is 7.05. The number of pyridine rings is 1. The zero-order chi connectivity index (χ0) is 14.9. The normalized spacial score (nSPS) is 17.0. The number of nitrogens with zero attached hydrogens (tertiary/aromatic N) is 1. The summed E-state index contributed by atoms with van der Waals surface area (Å²) >= 11 is 0. The summed E-state index contributed by atoms with van der Waals surface area (Å²) in [6, 6.07) is 6.54. The van der Waals surface area contributed by atoms with Gasteiger partial charge < -0.3 is 4.74 Å². The zero-order valence-corrected chi connectivity index (χ0v) is 13.0. The lowest BCUT2D eigenvalue weighted by molar-refractivity contribution is 0.156. The second-order valence-corrected chi connectivity index (χ2v) is 7.81. The maximum absolute atomic E-state index is 11.6. The van der Waals surface area contributed by atoms with Crippen LogP contribution in [-0.4, -0.2) is 19.5 Å². The van der Waals surface area contributed by atoms with Crippen molar-refractivity contribution in [1.29, 1.82) is 0 Å². The van der Waals surface area contributed by atoms with E-state index >= 15 is 0 Å². The first-order valence-corrected chi connectivity index (χ1v) is 9.36. The Labute approximate surface area is 128 Å². The molecular weight excluding hydrogens is 310 g/mol. The highest BCUT2D eigenvalue weighted by Gasteiger charge is 2.20. The van der Waals surface area contributed by atoms with Crippen LogP contribution in [0.5, 0.6) is 5.75 Å². The minimum atomic E-state index is -3.80. The maximum Gasteiger partial charge on any atom is 0.261 e. The Morgan fingerprint density at radius 2 is 1.90 bits per heavy atom. The van der Waals surface area contributed by atoms with Crippen LogP contribution in [0.15, 0.2) is 35.4 Å². The average Bonchev–Trinajstić information content (AvgIpc) is 2.47. The van der Waals surface area contributed by atoms with E-state index in [1.54, 1.807) is 24.4 Å². The fourth-order valence-corrected chi connectivity index (χ4v) is 3.85. The van der Waals surface area contributed by atoms with Crippen LogP contribution < -0.4 is 4.74 Å². The summed E-state index contributed by atoms with van der Waals surface area (Å²) in [5.41, 5.74) is 0.546. The molecule has 21 heavy (non-hydrogen) atoms. The third-order valence-corrected chi connectivity index (χ3v) is 5.18. The first-order chi connectivity index (χ1) is 10.1. The summed E-state index contributed by atoms with van der Waals surface area (Å²) in [5, 5.41) is 0.501. The summed E-state index contributed by atoms with van der Waals surface area (Å²) in [6.07, 6.45) is 7.47. The summed E-state index contributed by atoms with van der Waals surface area (Å²) in [5.74, 6) is 0.626. The van der Waals surface area contributed by atoms with E-state index in [1.165, 1.54) is 25.3 Å². The molecule has 4 nitrogen and oxygen atoms in total. The second kappa shape index (κ2) is 5.81. The van der Waals surface area contributed by atoms with Crippen LogP contribution in [-0.2, 0) is 9.05 Å². The van der Waals surface area contributed by atoms with E-state index in [4.69, 9.17) is 15.4 Å². The molecule has 0 spiro atoms. The maximum atomic E-state index is 11.6. The van der Waals surface area contributed by atoms with Crippen LogP contribution in [0.3, 0.4) is 0 Å². The van der Waals surface area contributed by atoms with E-state index in [9.17, 15) is 8.42 Å². The smallest absolute Gasteiger partial charge is 0.261 e. The molecule has 1 aromatic carbocycles. The summed E-state index contributed by atoms with van der Waals surface area (Å²) < 4.78 is 29.3. The van der Waals surface area contributed by atoms with Gasteiger partial charge in [-0.15, -0.1) is 0 Å². The van der Waals surface area contributed by atoms with Gasteiger partial charge in [-0.1, -0.05) is 6.42 Å². The Morgan fingerprint density at radius 3 is 2.62 bits per heavy atom. The van der Waals surface area contributed by atoms with Crippen molar-refractivity contribution in [2.24, 2.45) is 0 Å². The fourth-order valence-electron chi connectivity index (χ4n) is 2.79. The van der Waals surface area contributed by atoms with E-state index in [1.807, 2.05) is 0 Å². The Hall–Kier alpha value is -1.33. The molecule has 0 atom stereocenters. The van der Waals surface area contributed by atoms with Crippen LogP contribution in [0.4, 0.5) is 0 Å². The Balaban J connectivity index is 2.04. The molecule has 2 aromatic rings. The molecular formula is C15H16ClNO3S. The lowest BCUT2D eigenvalue weighted by atomic mass is 9.98. The Morgan fingerprint density at radius 1 is 1.14 bits per heavy atom. The number of benzene rings is 1. The van der Waals surface area contributed by atoms with Crippen molar-refractivity contribution < 1.29 is 13.2 Å². The van der Waals surface area contributed by atoms with Gasteiger partial charge in [-0.2, -0.15) is 0 Å². The van der Waals surface area contributed by atoms with Gasteiger partial charge in [0.05, 0.1) is 11.0 Å². The Kier molecular flexibility index (Phi) is 4.04. The topological polar surface area (TPSA) is 56.3 Å². The third kappa shape index (κ3) is 3.14. The lowest BCUT2D eigenvalue weighted by Gasteiger charge is -2.23. The first kappa shape index (κ1) is 14.6. The third-order valence-electron chi connectivity index (χ3n) is 3.80. The molecule has 3 rings (SSSR count). The molecule has 6 heteroatoms. The van der Waals surface area contributed by atoms with E-state index in [2.05, 4.69) is 4.98 Å². The van der Waals surface area contributed by atoms with Gasteiger partial charge in [-0.3, -0.25) is 4.98 Å². The lowest BCUT2D eigenvalue weighted by Crippen LogP contribution is -2.19. The average molecular weight is 326 g/mol. The monoisotopic (exact) mass is 325 g/mol. The molecule has 1 aromatic heterocycles. The van der Waals surface area contributed by atoms with Crippen molar-refractivity contribution >= 4 is 30.6 Å². The van der Waals surface area contributed by atoms with Crippen LogP contribution in [0, 0.1) is 0 Å². The minimum absolute atomic E-state index is 0.0725. The molecule has 0 unspecified atom stereocenters. The molecule has 1 saturated carbocycles. The number of aromatic nitrogens is 1. The zero-order valence-electron chi connectivity index (χ0n) is 11.5. The van der Waals surface area contributed by atoms with Gasteiger partial charge in [0, 0.05) is 22.3 Å². The van der Waals surface area contributed by atoms with E-state index in [0.29, 0.717) is 16.7 Å². The number of ether oxygens (including phenoxy) is 1. The molecule has 0 N–H and O–H groups in total. The molecule has 112 valence electrons.